The van der Waals surface area contributed by atoms with E-state index in [1.807, 2.05) is 91.0 Å². The maximum atomic E-state index is 11.5. The number of hydrogen-bond donors (Lipinski definition) is 1. The first-order chi connectivity index (χ1) is 15.9. The number of ether oxygens (including phenoxy) is 1. The maximum Gasteiger partial charge on any atom is 0.238 e. The SMILES string of the molecule is CCOc1ccccc1S(=O)(=O)[O-].O[P+](c1ccccc1)(c1ccccc1)c1ccccc1. The standard InChI is InChI=1S/C18H16OP.C8H10O4S/c19-20(16-10-4-1-5-11-16,17-12-6-2-7-13-17)18-14-8-3-9-15-18;1-2-12-7-5-3-4-6-8(7)13(9,10)11/h1-15,19H;3-6H,2H2,1H3,(H,9,10,11)/q+1;/p-1. The summed E-state index contributed by atoms with van der Waals surface area (Å²) >= 11 is 0. The fourth-order valence-corrected chi connectivity index (χ4v) is 6.63. The summed E-state index contributed by atoms with van der Waals surface area (Å²) in [5, 5.41) is 2.95. The van der Waals surface area contributed by atoms with Crippen molar-refractivity contribution in [1.82, 2.24) is 0 Å². The highest BCUT2D eigenvalue weighted by molar-refractivity contribution is 7.91. The Hall–Kier alpha value is -3.02. The molecule has 0 atom stereocenters. The van der Waals surface area contributed by atoms with Gasteiger partial charge in [0.2, 0.25) is 7.49 Å². The second-order valence-electron chi connectivity index (χ2n) is 6.98. The molecular formula is C26H25O5PS. The van der Waals surface area contributed by atoms with Gasteiger partial charge in [-0.15, -0.1) is 0 Å². The van der Waals surface area contributed by atoms with Gasteiger partial charge in [-0.05, 0) is 55.5 Å². The van der Waals surface area contributed by atoms with Crippen LogP contribution in [0.3, 0.4) is 0 Å². The molecule has 7 heteroatoms. The summed E-state index contributed by atoms with van der Waals surface area (Å²) in [5.74, 6) is 0.111. The van der Waals surface area contributed by atoms with E-state index in [4.69, 9.17) is 4.74 Å². The van der Waals surface area contributed by atoms with Gasteiger partial charge in [0, 0.05) is 0 Å². The van der Waals surface area contributed by atoms with Gasteiger partial charge in [0.1, 0.15) is 31.8 Å². The Morgan fingerprint density at radius 2 is 1.06 bits per heavy atom. The van der Waals surface area contributed by atoms with Crippen LogP contribution in [0.1, 0.15) is 6.92 Å². The molecule has 0 aliphatic heterocycles. The van der Waals surface area contributed by atoms with Crippen LogP contribution in [0.4, 0.5) is 0 Å². The van der Waals surface area contributed by atoms with Gasteiger partial charge in [0.05, 0.1) is 11.5 Å². The van der Waals surface area contributed by atoms with E-state index in [-0.39, 0.29) is 10.6 Å². The van der Waals surface area contributed by atoms with Gasteiger partial charge < -0.3 is 9.29 Å². The zero-order valence-corrected chi connectivity index (χ0v) is 19.8. The zero-order valence-electron chi connectivity index (χ0n) is 18.1. The Kier molecular flexibility index (Phi) is 8.37. The lowest BCUT2D eigenvalue weighted by molar-refractivity contribution is 0.329. The molecule has 0 aliphatic rings. The molecule has 0 aromatic heterocycles. The summed E-state index contributed by atoms with van der Waals surface area (Å²) in [6, 6.07) is 35.6. The largest absolute Gasteiger partial charge is 0.744 e. The lowest BCUT2D eigenvalue weighted by Crippen LogP contribution is -2.30. The number of benzene rings is 4. The van der Waals surface area contributed by atoms with E-state index < -0.39 is 17.6 Å². The van der Waals surface area contributed by atoms with E-state index in [9.17, 15) is 17.9 Å². The van der Waals surface area contributed by atoms with Gasteiger partial charge in [-0.3, -0.25) is 0 Å². The third-order valence-electron chi connectivity index (χ3n) is 4.81. The lowest BCUT2D eigenvalue weighted by Gasteiger charge is -2.19. The molecule has 0 bridgehead atoms. The average Bonchev–Trinajstić information content (AvgIpc) is 2.85. The van der Waals surface area contributed by atoms with Gasteiger partial charge in [-0.2, -0.15) is 0 Å². The van der Waals surface area contributed by atoms with Crippen molar-refractivity contribution in [2.45, 2.75) is 11.8 Å². The normalized spacial score (nSPS) is 11.2. The first-order valence-corrected chi connectivity index (χ1v) is 13.5. The first kappa shape index (κ1) is 24.6. The van der Waals surface area contributed by atoms with Crippen molar-refractivity contribution >= 4 is 33.5 Å². The molecule has 33 heavy (non-hydrogen) atoms. The minimum absolute atomic E-state index is 0.111. The Morgan fingerprint density at radius 1 is 0.697 bits per heavy atom. The van der Waals surface area contributed by atoms with Crippen LogP contribution in [0.5, 0.6) is 5.75 Å². The van der Waals surface area contributed by atoms with Crippen LogP contribution in [0, 0.1) is 0 Å². The van der Waals surface area contributed by atoms with Crippen LogP contribution >= 0.6 is 7.49 Å². The van der Waals surface area contributed by atoms with Crippen molar-refractivity contribution in [3.05, 3.63) is 115 Å². The van der Waals surface area contributed by atoms with Crippen LogP contribution < -0.4 is 20.7 Å². The van der Waals surface area contributed by atoms with Gasteiger partial charge in [-0.1, -0.05) is 66.7 Å². The fraction of sp³-hybridized carbons (Fsp3) is 0.0769. The smallest absolute Gasteiger partial charge is 0.238 e. The van der Waals surface area contributed by atoms with Gasteiger partial charge in [0.25, 0.3) is 0 Å². The molecule has 4 rings (SSSR count). The second kappa shape index (κ2) is 11.2. The molecule has 0 radical (unpaired) electrons. The van der Waals surface area contributed by atoms with Crippen LogP contribution in [-0.4, -0.2) is 24.5 Å². The molecule has 0 saturated heterocycles. The zero-order chi connectivity index (χ0) is 23.7. The molecular weight excluding hydrogens is 455 g/mol. The Bertz CT molecular complexity index is 1150. The topological polar surface area (TPSA) is 86.7 Å². The van der Waals surface area contributed by atoms with Crippen LogP contribution in [0.25, 0.3) is 0 Å². The molecule has 0 unspecified atom stereocenters. The van der Waals surface area contributed by atoms with Crippen LogP contribution in [0.2, 0.25) is 0 Å². The van der Waals surface area contributed by atoms with Gasteiger partial charge >= 0.3 is 0 Å². The van der Waals surface area contributed by atoms with Crippen molar-refractivity contribution in [1.29, 1.82) is 0 Å². The average molecular weight is 481 g/mol. The van der Waals surface area contributed by atoms with Crippen LogP contribution in [0.15, 0.2) is 120 Å². The highest BCUT2D eigenvalue weighted by Gasteiger charge is 2.43. The summed E-state index contributed by atoms with van der Waals surface area (Å²) < 4.78 is 37.1. The van der Waals surface area contributed by atoms with Crippen molar-refractivity contribution in [3.8, 4) is 5.75 Å². The molecule has 0 fully saturated rings. The summed E-state index contributed by atoms with van der Waals surface area (Å²) in [4.78, 5) is 11.2. The summed E-state index contributed by atoms with van der Waals surface area (Å²) in [6.45, 7) is 2.04. The molecule has 0 amide bonds. The predicted octanol–water partition coefficient (Wildman–Crippen LogP) is 3.88. The first-order valence-electron chi connectivity index (χ1n) is 10.3. The molecule has 4 aromatic rings. The maximum absolute atomic E-state index is 11.5. The summed E-state index contributed by atoms with van der Waals surface area (Å²) in [5.41, 5.74) is 0. The quantitative estimate of drug-likeness (QED) is 0.334. The van der Waals surface area contributed by atoms with E-state index in [1.165, 1.54) is 18.2 Å². The molecule has 0 spiro atoms. The molecule has 170 valence electrons. The van der Waals surface area contributed by atoms with E-state index in [0.717, 1.165) is 15.9 Å². The Labute approximate surface area is 195 Å². The van der Waals surface area contributed by atoms with Gasteiger partial charge in [-0.25, -0.2) is 13.3 Å². The third kappa shape index (κ3) is 6.06. The second-order valence-corrected chi connectivity index (χ2v) is 11.1. The van der Waals surface area contributed by atoms with E-state index >= 15 is 0 Å². The Balaban J connectivity index is 0.000000205. The Morgan fingerprint density at radius 3 is 1.42 bits per heavy atom. The van der Waals surface area contributed by atoms with E-state index in [0.29, 0.717) is 6.61 Å². The van der Waals surface area contributed by atoms with Gasteiger partial charge in [0.15, 0.2) is 0 Å². The molecule has 1 N–H and O–H groups in total. The van der Waals surface area contributed by atoms with E-state index in [1.54, 1.807) is 13.0 Å². The van der Waals surface area contributed by atoms with E-state index in [2.05, 4.69) is 0 Å². The molecule has 0 saturated carbocycles. The molecule has 5 nitrogen and oxygen atoms in total. The minimum Gasteiger partial charge on any atom is -0.744 e. The molecule has 0 aliphatic carbocycles. The third-order valence-corrected chi connectivity index (χ3v) is 8.82. The predicted molar refractivity (Wildman–Crippen MR) is 133 cm³/mol. The van der Waals surface area contributed by atoms with Crippen molar-refractivity contribution in [3.63, 3.8) is 0 Å². The van der Waals surface area contributed by atoms with Crippen molar-refractivity contribution < 1.29 is 22.6 Å². The fourth-order valence-electron chi connectivity index (χ4n) is 3.31. The number of hydrogen-bond acceptors (Lipinski definition) is 5. The highest BCUT2D eigenvalue weighted by Crippen LogP contribution is 2.50. The summed E-state index contributed by atoms with van der Waals surface area (Å²) in [6.07, 6.45) is 0. The number of para-hydroxylation sites is 1. The lowest BCUT2D eigenvalue weighted by atomic mass is 10.3. The van der Waals surface area contributed by atoms with Crippen LogP contribution in [-0.2, 0) is 10.1 Å². The monoisotopic (exact) mass is 480 g/mol. The molecule has 4 aromatic carbocycles. The van der Waals surface area contributed by atoms with Crippen molar-refractivity contribution in [2.24, 2.45) is 0 Å². The van der Waals surface area contributed by atoms with Crippen molar-refractivity contribution in [2.75, 3.05) is 6.61 Å². The summed E-state index contributed by atoms with van der Waals surface area (Å²) in [7, 11) is -6.96. The minimum atomic E-state index is -4.43. The molecule has 0 heterocycles. The number of rotatable bonds is 6. The highest BCUT2D eigenvalue weighted by atomic mass is 32.2.